The molecule has 0 saturated carbocycles. The number of carbonyl (C=O) groups is 1. The first-order valence-electron chi connectivity index (χ1n) is 15.3. The number of hydrogen-bond donors (Lipinski definition) is 2. The summed E-state index contributed by atoms with van der Waals surface area (Å²) in [4.78, 5) is 18.4. The third-order valence-electron chi connectivity index (χ3n) is 8.79. The normalized spacial score (nSPS) is 16.3. The first-order valence-corrected chi connectivity index (χ1v) is 15.7. The van der Waals surface area contributed by atoms with E-state index in [0.29, 0.717) is 56.7 Å². The Labute approximate surface area is 280 Å². The van der Waals surface area contributed by atoms with Crippen LogP contribution in [0.5, 0.6) is 0 Å². The highest BCUT2D eigenvalue weighted by Crippen LogP contribution is 2.45. The summed E-state index contributed by atoms with van der Waals surface area (Å²) < 4.78 is 93.5. The molecule has 9 nitrogen and oxygen atoms in total. The molecule has 1 saturated heterocycles. The molecular weight excluding hydrogens is 676 g/mol. The van der Waals surface area contributed by atoms with Crippen LogP contribution in [0.2, 0.25) is 5.02 Å². The van der Waals surface area contributed by atoms with Crippen LogP contribution in [0, 0.1) is 18.6 Å². The van der Waals surface area contributed by atoms with Crippen molar-refractivity contribution in [3.63, 3.8) is 0 Å². The lowest BCUT2D eigenvalue weighted by atomic mass is 9.93. The molecule has 1 aliphatic heterocycles. The fraction of sp³-hybridized carbons (Fsp3) is 0.333. The van der Waals surface area contributed by atoms with Crippen molar-refractivity contribution >= 4 is 34.2 Å². The highest BCUT2D eigenvalue weighted by atomic mass is 35.5. The average Bonchev–Trinajstić information content (AvgIpc) is 3.64. The molecule has 5 aromatic rings. The molecule has 2 aliphatic rings. The molecule has 49 heavy (non-hydrogen) atoms. The average molecular weight is 704 g/mol. The molecule has 3 aromatic heterocycles. The number of anilines is 1. The number of halogens is 7. The van der Waals surface area contributed by atoms with Gasteiger partial charge in [-0.05, 0) is 49.6 Å². The second-order valence-corrected chi connectivity index (χ2v) is 12.6. The highest BCUT2D eigenvalue weighted by Gasteiger charge is 2.46. The van der Waals surface area contributed by atoms with E-state index in [-0.39, 0.29) is 41.5 Å². The molecule has 16 heteroatoms. The summed E-state index contributed by atoms with van der Waals surface area (Å²) in [5.41, 5.74) is 7.09. The molecule has 1 amide bonds. The second-order valence-electron chi connectivity index (χ2n) is 12.2. The number of aromatic nitrogens is 5. The van der Waals surface area contributed by atoms with Crippen molar-refractivity contribution in [2.24, 2.45) is 0 Å². The van der Waals surface area contributed by atoms with Gasteiger partial charge in [0, 0.05) is 34.9 Å². The maximum absolute atomic E-state index is 14.8. The van der Waals surface area contributed by atoms with Crippen molar-refractivity contribution in [3.05, 3.63) is 93.0 Å². The van der Waals surface area contributed by atoms with Gasteiger partial charge in [0.1, 0.15) is 29.6 Å². The molecule has 3 N–H and O–H groups in total. The maximum Gasteiger partial charge on any atom is 0.290 e. The van der Waals surface area contributed by atoms with Gasteiger partial charge in [-0.1, -0.05) is 23.7 Å². The van der Waals surface area contributed by atoms with Gasteiger partial charge >= 0.3 is 0 Å². The molecule has 0 bridgehead atoms. The molecule has 1 atom stereocenters. The molecule has 7 rings (SSSR count). The van der Waals surface area contributed by atoms with Crippen molar-refractivity contribution in [2.75, 3.05) is 18.9 Å². The van der Waals surface area contributed by atoms with Crippen LogP contribution in [0.25, 0.3) is 22.0 Å². The number of rotatable bonds is 9. The van der Waals surface area contributed by atoms with Crippen LogP contribution in [0.3, 0.4) is 0 Å². The molecule has 256 valence electrons. The van der Waals surface area contributed by atoms with E-state index in [9.17, 15) is 31.1 Å². The molecule has 2 aromatic carbocycles. The first-order chi connectivity index (χ1) is 23.3. The Hall–Kier alpha value is -4.63. The number of nitrogens with zero attached hydrogens (tertiary/aromatic N) is 5. The van der Waals surface area contributed by atoms with Gasteiger partial charge < -0.3 is 15.8 Å². The first kappa shape index (κ1) is 32.9. The second kappa shape index (κ2) is 12.4. The van der Waals surface area contributed by atoms with Crippen LogP contribution in [0.4, 0.5) is 32.2 Å². The maximum atomic E-state index is 14.8. The number of pyridine rings is 1. The molecule has 1 aliphatic carbocycles. The third-order valence-corrected chi connectivity index (χ3v) is 9.11. The van der Waals surface area contributed by atoms with E-state index in [1.807, 2.05) is 0 Å². The number of amides is 1. The number of aryl methyl sites for hydroxylation is 1. The van der Waals surface area contributed by atoms with Crippen LogP contribution < -0.4 is 11.1 Å². The SMILES string of the molecule is Cc1ccc(-c2ccc(Cl)c3c(N)nn(C4COC4)c23)c([C@H](Cc2cc(F)cc(F)c2)NC(=O)Cn2nc(C(F)F)c3c2C(F)(F)CC3)n1. The van der Waals surface area contributed by atoms with Crippen molar-refractivity contribution < 1.29 is 35.9 Å². The number of alkyl halides is 4. The predicted octanol–water partition coefficient (Wildman–Crippen LogP) is 6.76. The molecule has 4 heterocycles. The molecule has 0 unspecified atom stereocenters. The number of nitrogens with one attached hydrogen (secondary N) is 1. The van der Waals surface area contributed by atoms with Gasteiger partial charge in [0.15, 0.2) is 5.82 Å². The zero-order chi connectivity index (χ0) is 34.8. The summed E-state index contributed by atoms with van der Waals surface area (Å²) in [5, 5.41) is 11.8. The summed E-state index contributed by atoms with van der Waals surface area (Å²) in [6, 6.07) is 8.51. The Morgan fingerprint density at radius 3 is 2.47 bits per heavy atom. The Kier molecular flexibility index (Phi) is 8.30. The monoisotopic (exact) mass is 703 g/mol. The summed E-state index contributed by atoms with van der Waals surface area (Å²) in [7, 11) is 0. The number of hydrogen-bond acceptors (Lipinski definition) is 6. The third kappa shape index (κ3) is 5.98. The van der Waals surface area contributed by atoms with Gasteiger partial charge in [-0.15, -0.1) is 0 Å². The fourth-order valence-corrected chi connectivity index (χ4v) is 6.85. The van der Waals surface area contributed by atoms with Gasteiger partial charge in [0.05, 0.1) is 46.9 Å². The summed E-state index contributed by atoms with van der Waals surface area (Å²) in [6.45, 7) is 1.65. The number of benzene rings is 2. The van der Waals surface area contributed by atoms with E-state index in [0.717, 1.165) is 12.1 Å². The lowest BCUT2D eigenvalue weighted by molar-refractivity contribution is -0.122. The minimum absolute atomic E-state index is 0.142. The van der Waals surface area contributed by atoms with Crippen molar-refractivity contribution in [1.29, 1.82) is 0 Å². The lowest BCUT2D eigenvalue weighted by Crippen LogP contribution is -2.35. The van der Waals surface area contributed by atoms with Crippen LogP contribution in [-0.2, 0) is 34.8 Å². The summed E-state index contributed by atoms with van der Waals surface area (Å²) >= 11 is 6.58. The molecular formula is C33H28ClF6N7O2. The number of carbonyl (C=O) groups excluding carboxylic acids is 1. The van der Waals surface area contributed by atoms with E-state index in [1.165, 1.54) is 0 Å². The largest absolute Gasteiger partial charge is 0.382 e. The van der Waals surface area contributed by atoms with Gasteiger partial charge in [0.25, 0.3) is 12.3 Å². The van der Waals surface area contributed by atoms with Crippen LogP contribution >= 0.6 is 11.6 Å². The number of nitrogens with two attached hydrogens (primary N) is 1. The van der Waals surface area contributed by atoms with E-state index in [4.69, 9.17) is 27.1 Å². The standard InChI is InChI=1S/C33H28ClF6N7O2/c1-15-2-3-20(21-4-5-23(34)26-29(21)47(45-32(26)41)19-13-49-14-19)27(42-15)24(10-16-8-17(35)11-18(36)9-16)43-25(48)12-46-30-22(6-7-33(30,39)40)28(44-46)31(37)38/h2-5,8-9,11,19,24,31H,6-7,10,12-14H2,1H3,(H2,41,45)(H,43,48)/t24-/m0/s1. The van der Waals surface area contributed by atoms with E-state index in [2.05, 4.69) is 15.5 Å². The Bertz CT molecular complexity index is 2090. The van der Waals surface area contributed by atoms with E-state index >= 15 is 0 Å². The van der Waals surface area contributed by atoms with Gasteiger partial charge in [-0.3, -0.25) is 19.1 Å². The molecule has 0 spiro atoms. The van der Waals surface area contributed by atoms with Gasteiger partial charge in [0.2, 0.25) is 5.91 Å². The quantitative estimate of drug-likeness (QED) is 0.164. The number of ether oxygens (including phenoxy) is 1. The van der Waals surface area contributed by atoms with Crippen LogP contribution in [0.1, 0.15) is 58.8 Å². The van der Waals surface area contributed by atoms with Crippen molar-refractivity contribution in [3.8, 4) is 11.1 Å². The molecule has 1 fully saturated rings. The summed E-state index contributed by atoms with van der Waals surface area (Å²) in [5.74, 6) is -5.86. The smallest absolute Gasteiger partial charge is 0.290 e. The zero-order valence-electron chi connectivity index (χ0n) is 25.8. The van der Waals surface area contributed by atoms with Gasteiger partial charge in [-0.25, -0.2) is 17.6 Å². The highest BCUT2D eigenvalue weighted by molar-refractivity contribution is 6.37. The predicted molar refractivity (Wildman–Crippen MR) is 167 cm³/mol. The zero-order valence-corrected chi connectivity index (χ0v) is 26.5. The van der Waals surface area contributed by atoms with Gasteiger partial charge in [-0.2, -0.15) is 19.0 Å². The van der Waals surface area contributed by atoms with Crippen molar-refractivity contribution in [2.45, 2.75) is 57.2 Å². The Morgan fingerprint density at radius 1 is 1.08 bits per heavy atom. The topological polar surface area (TPSA) is 113 Å². The number of fused-ring (bicyclic) bond motifs is 2. The minimum Gasteiger partial charge on any atom is -0.382 e. The lowest BCUT2D eigenvalue weighted by Gasteiger charge is -2.28. The molecule has 0 radical (unpaired) electrons. The van der Waals surface area contributed by atoms with Crippen molar-refractivity contribution in [1.82, 2.24) is 29.9 Å². The van der Waals surface area contributed by atoms with E-state index in [1.54, 1.807) is 35.9 Å². The fourth-order valence-electron chi connectivity index (χ4n) is 6.60. The minimum atomic E-state index is -3.46. The summed E-state index contributed by atoms with van der Waals surface area (Å²) in [6.07, 6.45) is -4.30. The Balaban J connectivity index is 1.34. The Morgan fingerprint density at radius 2 is 1.80 bits per heavy atom. The van der Waals surface area contributed by atoms with E-state index < -0.39 is 60.3 Å². The number of nitrogen functional groups attached to an aromatic ring is 1. The van der Waals surface area contributed by atoms with Crippen LogP contribution in [0.15, 0.2) is 42.5 Å². The van der Waals surface area contributed by atoms with Crippen LogP contribution in [-0.4, -0.2) is 43.7 Å².